The first-order chi connectivity index (χ1) is 8.70. The van der Waals surface area contributed by atoms with E-state index in [0.717, 1.165) is 31.0 Å². The third-order valence-electron chi connectivity index (χ3n) is 4.24. The molecule has 1 aromatic carbocycles. The fourth-order valence-corrected chi connectivity index (χ4v) is 3.70. The number of nitrogens with zero attached hydrogens (tertiary/aromatic N) is 1. The van der Waals surface area contributed by atoms with Crippen LogP contribution in [0.15, 0.2) is 18.2 Å². The lowest BCUT2D eigenvalue weighted by molar-refractivity contribution is 0.148. The summed E-state index contributed by atoms with van der Waals surface area (Å²) in [5.74, 6) is 0. The molecular weight excluding hydrogens is 248 g/mol. The van der Waals surface area contributed by atoms with Gasteiger partial charge in [0.15, 0.2) is 0 Å². The second-order valence-corrected chi connectivity index (χ2v) is 5.70. The number of likely N-dealkylation sites (tertiary alicyclic amines) is 1. The molecule has 3 nitrogen and oxygen atoms in total. The molecule has 0 aromatic heterocycles. The first-order valence-corrected chi connectivity index (χ1v) is 6.95. The summed E-state index contributed by atoms with van der Waals surface area (Å²) in [5, 5.41) is 14.0. The third-order valence-corrected chi connectivity index (χ3v) is 4.57. The van der Waals surface area contributed by atoms with E-state index in [-0.39, 0.29) is 12.1 Å². The Labute approximate surface area is 113 Å². The third kappa shape index (κ3) is 1.95. The minimum atomic E-state index is -0.165. The Kier molecular flexibility index (Phi) is 3.32. The Morgan fingerprint density at radius 2 is 2.28 bits per heavy atom. The number of hydrogen-bond donors (Lipinski definition) is 2. The van der Waals surface area contributed by atoms with Gasteiger partial charge in [-0.1, -0.05) is 23.7 Å². The maximum absolute atomic E-state index is 9.70. The first-order valence-electron chi connectivity index (χ1n) is 6.57. The summed E-state index contributed by atoms with van der Waals surface area (Å²) < 4.78 is 0. The minimum absolute atomic E-state index is 0.165. The van der Waals surface area contributed by atoms with E-state index in [1.807, 2.05) is 19.2 Å². The summed E-state index contributed by atoms with van der Waals surface area (Å²) in [6, 6.07) is 6.85. The van der Waals surface area contributed by atoms with Crippen molar-refractivity contribution in [3.8, 4) is 0 Å². The average Bonchev–Trinajstić information content (AvgIpc) is 2.92. The van der Waals surface area contributed by atoms with Crippen LogP contribution in [0.25, 0.3) is 0 Å². The average molecular weight is 267 g/mol. The lowest BCUT2D eigenvalue weighted by Crippen LogP contribution is -2.41. The van der Waals surface area contributed by atoms with Crippen LogP contribution < -0.4 is 5.32 Å². The number of benzene rings is 1. The lowest BCUT2D eigenvalue weighted by Gasteiger charge is -2.29. The van der Waals surface area contributed by atoms with Crippen LogP contribution in [0.4, 0.5) is 0 Å². The molecule has 1 aliphatic carbocycles. The SMILES string of the molecule is CNC1c2c(Cl)cccc2C[C@H]1N1CC[C@@H](O)C1. The van der Waals surface area contributed by atoms with E-state index < -0.39 is 0 Å². The molecule has 1 saturated heterocycles. The molecule has 0 amide bonds. The fourth-order valence-electron chi connectivity index (χ4n) is 3.39. The van der Waals surface area contributed by atoms with Gasteiger partial charge < -0.3 is 10.4 Å². The first kappa shape index (κ1) is 12.4. The maximum Gasteiger partial charge on any atom is 0.0679 e. The van der Waals surface area contributed by atoms with Crippen molar-refractivity contribution in [3.63, 3.8) is 0 Å². The number of aliphatic hydroxyl groups excluding tert-OH is 1. The highest BCUT2D eigenvalue weighted by Crippen LogP contribution is 2.39. The predicted molar refractivity (Wildman–Crippen MR) is 72.9 cm³/mol. The smallest absolute Gasteiger partial charge is 0.0679 e. The minimum Gasteiger partial charge on any atom is -0.392 e. The Morgan fingerprint density at radius 1 is 1.44 bits per heavy atom. The number of fused-ring (bicyclic) bond motifs is 1. The van der Waals surface area contributed by atoms with Gasteiger partial charge in [0.05, 0.1) is 6.10 Å². The lowest BCUT2D eigenvalue weighted by atomic mass is 10.1. The number of aliphatic hydroxyl groups is 1. The number of nitrogens with one attached hydrogen (secondary N) is 1. The summed E-state index contributed by atoms with van der Waals surface area (Å²) >= 11 is 6.34. The van der Waals surface area contributed by atoms with Crippen molar-refractivity contribution in [2.45, 2.75) is 31.0 Å². The molecule has 0 bridgehead atoms. The van der Waals surface area contributed by atoms with Crippen LogP contribution >= 0.6 is 11.6 Å². The normalized spacial score (nSPS) is 31.8. The molecule has 0 saturated carbocycles. The molecule has 1 unspecified atom stereocenters. The van der Waals surface area contributed by atoms with Gasteiger partial charge in [-0.15, -0.1) is 0 Å². The van der Waals surface area contributed by atoms with Crippen LogP contribution in [0.2, 0.25) is 5.02 Å². The number of rotatable bonds is 2. The van der Waals surface area contributed by atoms with Gasteiger partial charge in [-0.05, 0) is 37.1 Å². The number of likely N-dealkylation sites (N-methyl/N-ethyl adjacent to an activating group) is 1. The zero-order valence-electron chi connectivity index (χ0n) is 10.6. The molecule has 3 atom stereocenters. The van der Waals surface area contributed by atoms with Crippen molar-refractivity contribution in [3.05, 3.63) is 34.3 Å². The van der Waals surface area contributed by atoms with E-state index >= 15 is 0 Å². The number of hydrogen-bond acceptors (Lipinski definition) is 3. The molecular formula is C14H19ClN2O. The van der Waals surface area contributed by atoms with Gasteiger partial charge in [0.2, 0.25) is 0 Å². The molecule has 2 N–H and O–H groups in total. The van der Waals surface area contributed by atoms with Crippen molar-refractivity contribution < 1.29 is 5.11 Å². The van der Waals surface area contributed by atoms with Crippen LogP contribution in [0.5, 0.6) is 0 Å². The van der Waals surface area contributed by atoms with Gasteiger partial charge in [0.1, 0.15) is 0 Å². The van der Waals surface area contributed by atoms with E-state index in [2.05, 4.69) is 16.3 Å². The van der Waals surface area contributed by atoms with Gasteiger partial charge in [0, 0.05) is 30.2 Å². The molecule has 98 valence electrons. The fraction of sp³-hybridized carbons (Fsp3) is 0.571. The Morgan fingerprint density at radius 3 is 2.94 bits per heavy atom. The molecule has 18 heavy (non-hydrogen) atoms. The van der Waals surface area contributed by atoms with E-state index in [9.17, 15) is 5.11 Å². The number of β-amino-alcohol motifs (C(OH)–C–C–N with tert-alkyl or cyclic N) is 1. The van der Waals surface area contributed by atoms with E-state index in [1.54, 1.807) is 0 Å². The van der Waals surface area contributed by atoms with Crippen LogP contribution in [0, 0.1) is 0 Å². The summed E-state index contributed by atoms with van der Waals surface area (Å²) in [6.45, 7) is 1.77. The van der Waals surface area contributed by atoms with E-state index in [4.69, 9.17) is 11.6 Å². The van der Waals surface area contributed by atoms with Crippen molar-refractivity contribution in [1.82, 2.24) is 10.2 Å². The zero-order chi connectivity index (χ0) is 12.7. The van der Waals surface area contributed by atoms with Crippen molar-refractivity contribution >= 4 is 11.6 Å². The molecule has 1 aromatic rings. The summed E-state index contributed by atoms with van der Waals surface area (Å²) in [4.78, 5) is 2.39. The highest BCUT2D eigenvalue weighted by Gasteiger charge is 2.39. The van der Waals surface area contributed by atoms with Crippen LogP contribution in [0.3, 0.4) is 0 Å². The molecule has 0 radical (unpaired) electrons. The molecule has 4 heteroatoms. The highest BCUT2D eigenvalue weighted by atomic mass is 35.5. The predicted octanol–water partition coefficient (Wildman–Crippen LogP) is 1.59. The molecule has 1 fully saturated rings. The second kappa shape index (κ2) is 4.82. The van der Waals surface area contributed by atoms with Crippen LogP contribution in [-0.2, 0) is 6.42 Å². The Bertz CT molecular complexity index is 451. The highest BCUT2D eigenvalue weighted by molar-refractivity contribution is 6.31. The van der Waals surface area contributed by atoms with Gasteiger partial charge in [-0.25, -0.2) is 0 Å². The number of halogens is 1. The quantitative estimate of drug-likeness (QED) is 0.854. The van der Waals surface area contributed by atoms with Gasteiger partial charge in [-0.2, -0.15) is 0 Å². The largest absolute Gasteiger partial charge is 0.392 e. The van der Waals surface area contributed by atoms with Crippen molar-refractivity contribution in [1.29, 1.82) is 0 Å². The summed E-state index contributed by atoms with van der Waals surface area (Å²) in [5.41, 5.74) is 2.58. The Hall–Kier alpha value is -0.610. The monoisotopic (exact) mass is 266 g/mol. The standard InChI is InChI=1S/C14H19ClN2O/c1-16-14-12(17-6-5-10(18)8-17)7-9-3-2-4-11(15)13(9)14/h2-4,10,12,14,16,18H,5-8H2,1H3/t10-,12-,14?/m1/s1. The summed E-state index contributed by atoms with van der Waals surface area (Å²) in [6.07, 6.45) is 1.74. The molecule has 2 aliphatic rings. The van der Waals surface area contributed by atoms with Crippen LogP contribution in [0.1, 0.15) is 23.6 Å². The second-order valence-electron chi connectivity index (χ2n) is 5.29. The Balaban J connectivity index is 1.89. The molecule has 1 aliphatic heterocycles. The van der Waals surface area contributed by atoms with Gasteiger partial charge in [0.25, 0.3) is 0 Å². The van der Waals surface area contributed by atoms with E-state index in [1.165, 1.54) is 11.1 Å². The van der Waals surface area contributed by atoms with E-state index in [0.29, 0.717) is 6.04 Å². The maximum atomic E-state index is 9.70. The zero-order valence-corrected chi connectivity index (χ0v) is 11.3. The topological polar surface area (TPSA) is 35.5 Å². The van der Waals surface area contributed by atoms with Gasteiger partial charge in [-0.3, -0.25) is 4.90 Å². The van der Waals surface area contributed by atoms with Gasteiger partial charge >= 0.3 is 0 Å². The molecule has 3 rings (SSSR count). The molecule has 1 heterocycles. The van der Waals surface area contributed by atoms with Crippen molar-refractivity contribution in [2.24, 2.45) is 0 Å². The van der Waals surface area contributed by atoms with Crippen LogP contribution in [-0.4, -0.2) is 42.3 Å². The van der Waals surface area contributed by atoms with Crippen molar-refractivity contribution in [2.75, 3.05) is 20.1 Å². The molecule has 0 spiro atoms. The summed E-state index contributed by atoms with van der Waals surface area (Å²) in [7, 11) is 1.99.